The van der Waals surface area contributed by atoms with E-state index >= 15 is 0 Å². The highest BCUT2D eigenvalue weighted by Crippen LogP contribution is 2.27. The zero-order valence-corrected chi connectivity index (χ0v) is 16.6. The summed E-state index contributed by atoms with van der Waals surface area (Å²) in [7, 11) is -3.42. The highest BCUT2D eigenvalue weighted by Gasteiger charge is 2.26. The van der Waals surface area contributed by atoms with E-state index in [1.54, 1.807) is 17.2 Å². The maximum Gasteiger partial charge on any atom is 0.256 e. The van der Waals surface area contributed by atoms with Crippen LogP contribution in [0.5, 0.6) is 0 Å². The highest BCUT2D eigenvalue weighted by atomic mass is 32.2. The number of rotatable bonds is 5. The van der Waals surface area contributed by atoms with Crippen LogP contribution < -0.4 is 10.6 Å². The zero-order valence-electron chi connectivity index (χ0n) is 15.8. The normalized spacial score (nSPS) is 20.1. The number of hydrogen-bond donors (Lipinski definition) is 2. The Bertz CT molecular complexity index is 1040. The summed E-state index contributed by atoms with van der Waals surface area (Å²) >= 11 is 0. The van der Waals surface area contributed by atoms with Crippen molar-refractivity contribution in [1.82, 2.24) is 10.2 Å². The molecule has 2 aliphatic heterocycles. The van der Waals surface area contributed by atoms with Crippen LogP contribution in [0.4, 0.5) is 5.69 Å². The first-order valence-corrected chi connectivity index (χ1v) is 11.2. The summed E-state index contributed by atoms with van der Waals surface area (Å²) < 4.78 is 26.8. The number of nitrogens with zero attached hydrogens (tertiary/aromatic N) is 2. The molecule has 0 radical (unpaired) electrons. The van der Waals surface area contributed by atoms with Crippen LogP contribution >= 0.6 is 0 Å². The molecule has 1 fully saturated rings. The Morgan fingerprint density at radius 1 is 1.21 bits per heavy atom. The molecule has 2 N–H and O–H groups in total. The third-order valence-electron chi connectivity index (χ3n) is 5.21. The van der Waals surface area contributed by atoms with Crippen LogP contribution in [-0.2, 0) is 26.2 Å². The highest BCUT2D eigenvalue weighted by molar-refractivity contribution is 7.90. The number of hydrogen-bond acceptors (Lipinski definition) is 5. The molecule has 0 unspecified atom stereocenters. The van der Waals surface area contributed by atoms with Crippen molar-refractivity contribution in [3.63, 3.8) is 0 Å². The standard InChI is InChI=1S/C20H22N4O4S/c25-19(16-7-8-18-23-29(27,28)10-9-24(18)13-16)21-12-14-3-1-6-17(11-14)22-20(26)15-4-2-5-15/h1,3,6-8,11,13,15H,2,4-5,9-10,12H2,(H,21,25)(H,22,26). The van der Waals surface area contributed by atoms with E-state index in [0.29, 0.717) is 18.0 Å². The van der Waals surface area contributed by atoms with E-state index in [9.17, 15) is 18.0 Å². The molecule has 1 saturated carbocycles. The predicted molar refractivity (Wildman–Crippen MR) is 109 cm³/mol. The molecule has 0 spiro atoms. The molecule has 0 atom stereocenters. The minimum atomic E-state index is -3.42. The number of anilines is 1. The van der Waals surface area contributed by atoms with Gasteiger partial charge in [-0.05, 0) is 42.7 Å². The summed E-state index contributed by atoms with van der Waals surface area (Å²) in [5, 5.41) is 5.78. The van der Waals surface area contributed by atoms with Crippen molar-refractivity contribution in [1.29, 1.82) is 0 Å². The van der Waals surface area contributed by atoms with Gasteiger partial charge in [-0.25, -0.2) is 8.42 Å². The first-order valence-electron chi connectivity index (χ1n) is 9.57. The number of amides is 2. The minimum Gasteiger partial charge on any atom is -0.348 e. The van der Waals surface area contributed by atoms with Crippen LogP contribution in [0.25, 0.3) is 0 Å². The van der Waals surface area contributed by atoms with E-state index in [4.69, 9.17) is 0 Å². The van der Waals surface area contributed by atoms with Crippen molar-refractivity contribution in [2.45, 2.75) is 25.8 Å². The third-order valence-corrected chi connectivity index (χ3v) is 6.37. The molecular weight excluding hydrogens is 392 g/mol. The summed E-state index contributed by atoms with van der Waals surface area (Å²) in [6.45, 7) is 0.581. The molecule has 8 nitrogen and oxygen atoms in total. The molecule has 2 heterocycles. The van der Waals surface area contributed by atoms with Crippen LogP contribution in [-0.4, -0.2) is 43.3 Å². The van der Waals surface area contributed by atoms with Gasteiger partial charge >= 0.3 is 0 Å². The average Bonchev–Trinajstić information content (AvgIpc) is 2.64. The molecule has 4 rings (SSSR count). The maximum absolute atomic E-state index is 12.5. The summed E-state index contributed by atoms with van der Waals surface area (Å²) in [6.07, 6.45) is 7.69. The van der Waals surface area contributed by atoms with Crippen molar-refractivity contribution in [3.05, 3.63) is 53.8 Å². The lowest BCUT2D eigenvalue weighted by molar-refractivity contribution is -0.122. The molecule has 0 bridgehead atoms. The summed E-state index contributed by atoms with van der Waals surface area (Å²) in [6, 6.07) is 7.40. The fourth-order valence-electron chi connectivity index (χ4n) is 3.29. The van der Waals surface area contributed by atoms with E-state index in [-0.39, 0.29) is 30.0 Å². The van der Waals surface area contributed by atoms with Crippen LogP contribution in [0.1, 0.15) is 24.8 Å². The lowest BCUT2D eigenvalue weighted by atomic mass is 9.85. The monoisotopic (exact) mass is 414 g/mol. The first kappa shape index (κ1) is 19.4. The predicted octanol–water partition coefficient (Wildman–Crippen LogP) is 1.54. The Kier molecular flexibility index (Phi) is 5.23. The van der Waals surface area contributed by atoms with Crippen molar-refractivity contribution in [3.8, 4) is 0 Å². The van der Waals surface area contributed by atoms with Gasteiger partial charge in [0.05, 0.1) is 11.3 Å². The average molecular weight is 414 g/mol. The molecule has 1 aromatic rings. The van der Waals surface area contributed by atoms with Gasteiger partial charge in [-0.15, -0.1) is 4.40 Å². The van der Waals surface area contributed by atoms with Gasteiger partial charge < -0.3 is 15.5 Å². The molecule has 2 amide bonds. The largest absolute Gasteiger partial charge is 0.348 e. The number of amidine groups is 1. The van der Waals surface area contributed by atoms with Crippen LogP contribution in [0.15, 0.2) is 52.6 Å². The maximum atomic E-state index is 12.5. The minimum absolute atomic E-state index is 0.0518. The lowest BCUT2D eigenvalue weighted by Gasteiger charge is -2.27. The van der Waals surface area contributed by atoms with Crippen LogP contribution in [0, 0.1) is 5.92 Å². The zero-order chi connectivity index (χ0) is 20.4. The van der Waals surface area contributed by atoms with Crippen molar-refractivity contribution in [2.24, 2.45) is 10.3 Å². The Balaban J connectivity index is 1.35. The van der Waals surface area contributed by atoms with Crippen molar-refractivity contribution < 1.29 is 18.0 Å². The molecule has 0 saturated heterocycles. The van der Waals surface area contributed by atoms with E-state index in [0.717, 1.165) is 30.5 Å². The number of fused-ring (bicyclic) bond motifs is 1. The number of carbonyl (C=O) groups excluding carboxylic acids is 2. The molecule has 29 heavy (non-hydrogen) atoms. The molecule has 1 aliphatic carbocycles. The van der Waals surface area contributed by atoms with E-state index in [1.807, 2.05) is 24.3 Å². The summed E-state index contributed by atoms with van der Waals surface area (Å²) in [5.41, 5.74) is 2.02. The Labute approximate surface area is 169 Å². The second-order valence-corrected chi connectivity index (χ2v) is 9.10. The fraction of sp³-hybridized carbons (Fsp3) is 0.350. The quantitative estimate of drug-likeness (QED) is 0.760. The van der Waals surface area contributed by atoms with Gasteiger partial charge in [0.2, 0.25) is 5.91 Å². The van der Waals surface area contributed by atoms with E-state index in [2.05, 4.69) is 15.0 Å². The lowest BCUT2D eigenvalue weighted by Crippen LogP contribution is -2.38. The van der Waals surface area contributed by atoms with Crippen LogP contribution in [0.3, 0.4) is 0 Å². The Morgan fingerprint density at radius 3 is 2.79 bits per heavy atom. The van der Waals surface area contributed by atoms with Gasteiger partial charge in [-0.3, -0.25) is 9.59 Å². The molecular formula is C20H22N4O4S. The number of benzene rings is 1. The van der Waals surface area contributed by atoms with Gasteiger partial charge in [0.25, 0.3) is 15.9 Å². The molecule has 152 valence electrons. The number of sulfonamides is 1. The van der Waals surface area contributed by atoms with Crippen molar-refractivity contribution in [2.75, 3.05) is 17.6 Å². The second kappa shape index (κ2) is 7.82. The van der Waals surface area contributed by atoms with Gasteiger partial charge in [0, 0.05) is 30.9 Å². The first-order chi connectivity index (χ1) is 13.9. The van der Waals surface area contributed by atoms with Gasteiger partial charge in [0.1, 0.15) is 5.84 Å². The second-order valence-electron chi connectivity index (χ2n) is 7.35. The van der Waals surface area contributed by atoms with E-state index in [1.165, 1.54) is 6.08 Å². The van der Waals surface area contributed by atoms with Gasteiger partial charge in [-0.1, -0.05) is 18.6 Å². The molecule has 9 heteroatoms. The SMILES string of the molecule is O=C(NCc1cccc(NC(=O)C2CCC2)c1)C1=CN2CCS(=O)(=O)N=C2C=C1. The smallest absolute Gasteiger partial charge is 0.256 e. The molecule has 3 aliphatic rings. The van der Waals surface area contributed by atoms with E-state index < -0.39 is 10.0 Å². The Morgan fingerprint density at radius 2 is 2.03 bits per heavy atom. The molecule has 1 aromatic carbocycles. The third kappa shape index (κ3) is 4.56. The Hall–Kier alpha value is -2.94. The number of nitrogens with one attached hydrogen (secondary N) is 2. The summed E-state index contributed by atoms with van der Waals surface area (Å²) in [4.78, 5) is 26.2. The number of carbonyl (C=O) groups is 2. The van der Waals surface area contributed by atoms with Crippen molar-refractivity contribution >= 4 is 33.4 Å². The van der Waals surface area contributed by atoms with Gasteiger partial charge in [0.15, 0.2) is 0 Å². The summed E-state index contributed by atoms with van der Waals surface area (Å²) in [5.74, 6) is 0.146. The molecule has 0 aromatic heterocycles. The van der Waals surface area contributed by atoms with Gasteiger partial charge in [-0.2, -0.15) is 0 Å². The topological polar surface area (TPSA) is 108 Å². The fourth-order valence-corrected chi connectivity index (χ4v) is 4.26. The van der Waals surface area contributed by atoms with Crippen LogP contribution in [0.2, 0.25) is 0 Å².